The van der Waals surface area contributed by atoms with Gasteiger partial charge >= 0.3 is 18.5 Å². The van der Waals surface area contributed by atoms with Crippen molar-refractivity contribution in [3.63, 3.8) is 0 Å². The summed E-state index contributed by atoms with van der Waals surface area (Å²) in [6, 6.07) is 1.06. The van der Waals surface area contributed by atoms with Crippen molar-refractivity contribution in [2.75, 3.05) is 13.7 Å². The molecule has 0 saturated carbocycles. The van der Waals surface area contributed by atoms with Gasteiger partial charge in [-0.3, -0.25) is 0 Å². The van der Waals surface area contributed by atoms with Crippen LogP contribution in [0.3, 0.4) is 0 Å². The molecular formula is C8H8F2N2O4. The maximum atomic E-state index is 12.3. The van der Waals surface area contributed by atoms with Crippen molar-refractivity contribution in [1.29, 1.82) is 0 Å². The summed E-state index contributed by atoms with van der Waals surface area (Å²) in [7, 11) is 1.11. The Morgan fingerprint density at radius 3 is 2.81 bits per heavy atom. The molecule has 1 aromatic rings. The molecule has 0 fully saturated rings. The molecule has 1 heterocycles. The maximum Gasteiger partial charge on any atom is 0.357 e. The number of ether oxygens (including phenoxy) is 2. The Bertz CT molecular complexity index is 391. The number of carbonyl (C=O) groups is 2. The minimum absolute atomic E-state index is 0.194. The summed E-state index contributed by atoms with van der Waals surface area (Å²) in [6.45, 7) is -3.58. The van der Waals surface area contributed by atoms with Crippen LogP contribution in [0.5, 0.6) is 0 Å². The molecule has 0 bridgehead atoms. The fourth-order valence-electron chi connectivity index (χ4n) is 0.889. The average Bonchev–Trinajstić information content (AvgIpc) is 2.74. The Labute approximate surface area is 88.7 Å². The molecule has 0 amide bonds. The Morgan fingerprint density at radius 1 is 1.56 bits per heavy atom. The molecule has 0 spiro atoms. The molecule has 0 N–H and O–H groups in total. The Balaban J connectivity index is 2.66. The second kappa shape index (κ2) is 5.19. The molecule has 88 valence electrons. The van der Waals surface area contributed by atoms with Crippen LogP contribution in [-0.2, 0) is 14.3 Å². The summed E-state index contributed by atoms with van der Waals surface area (Å²) < 4.78 is 33.4. The lowest BCUT2D eigenvalue weighted by atomic mass is 10.4. The molecule has 0 radical (unpaired) electrons. The maximum absolute atomic E-state index is 12.3. The van der Waals surface area contributed by atoms with Crippen LogP contribution in [0.15, 0.2) is 12.3 Å². The highest BCUT2D eigenvalue weighted by atomic mass is 19.3. The van der Waals surface area contributed by atoms with E-state index in [2.05, 4.69) is 14.6 Å². The predicted molar refractivity (Wildman–Crippen MR) is 45.8 cm³/mol. The van der Waals surface area contributed by atoms with Crippen LogP contribution in [0.25, 0.3) is 0 Å². The molecular weight excluding hydrogens is 226 g/mol. The summed E-state index contributed by atoms with van der Waals surface area (Å²) >= 11 is 0. The van der Waals surface area contributed by atoms with Gasteiger partial charge in [-0.05, 0) is 6.07 Å². The minimum atomic E-state index is -2.95. The van der Waals surface area contributed by atoms with Gasteiger partial charge in [0.1, 0.15) is 0 Å². The van der Waals surface area contributed by atoms with Gasteiger partial charge in [0.05, 0.1) is 13.3 Å². The van der Waals surface area contributed by atoms with E-state index in [4.69, 9.17) is 0 Å². The summed E-state index contributed by atoms with van der Waals surface area (Å²) in [5.41, 5.74) is -0.432. The van der Waals surface area contributed by atoms with Crippen molar-refractivity contribution < 1.29 is 27.8 Å². The van der Waals surface area contributed by atoms with Gasteiger partial charge in [0, 0.05) is 0 Å². The second-order valence-corrected chi connectivity index (χ2v) is 2.59. The van der Waals surface area contributed by atoms with Gasteiger partial charge in [0.25, 0.3) is 0 Å². The molecule has 8 heteroatoms. The summed E-state index contributed by atoms with van der Waals surface area (Å²) in [5, 5.41) is 3.23. The van der Waals surface area contributed by atoms with Gasteiger partial charge in [0.15, 0.2) is 12.3 Å². The van der Waals surface area contributed by atoms with E-state index in [1.54, 1.807) is 0 Å². The molecule has 0 aromatic carbocycles. The van der Waals surface area contributed by atoms with Gasteiger partial charge < -0.3 is 9.47 Å². The van der Waals surface area contributed by atoms with Crippen molar-refractivity contribution >= 4 is 11.9 Å². The number of alkyl halides is 2. The molecule has 0 saturated heterocycles. The number of carbonyl (C=O) groups excluding carboxylic acids is 2. The zero-order valence-electron chi connectivity index (χ0n) is 8.22. The molecule has 0 unspecified atom stereocenters. The van der Waals surface area contributed by atoms with Crippen molar-refractivity contribution in [3.05, 3.63) is 18.0 Å². The standard InChI is InChI=1S/C8H8F2N2O4/c1-15-6(13)4-16-7(14)5-2-3-11-12(5)8(9)10/h2-3,8H,4H2,1H3. The highest BCUT2D eigenvalue weighted by Gasteiger charge is 2.19. The Morgan fingerprint density at radius 2 is 2.25 bits per heavy atom. The average molecular weight is 234 g/mol. The van der Waals surface area contributed by atoms with E-state index in [1.165, 1.54) is 0 Å². The Hall–Kier alpha value is -1.99. The van der Waals surface area contributed by atoms with Gasteiger partial charge in [0.2, 0.25) is 0 Å². The molecule has 0 aliphatic heterocycles. The number of esters is 2. The number of aromatic nitrogens is 2. The van der Waals surface area contributed by atoms with E-state index in [0.29, 0.717) is 0 Å². The number of methoxy groups -OCH3 is 1. The third kappa shape index (κ3) is 2.75. The number of halogens is 2. The molecule has 16 heavy (non-hydrogen) atoms. The van der Waals surface area contributed by atoms with Gasteiger partial charge in [-0.2, -0.15) is 18.6 Å². The van der Waals surface area contributed by atoms with Crippen molar-refractivity contribution in [2.45, 2.75) is 6.55 Å². The van der Waals surface area contributed by atoms with Crippen LogP contribution < -0.4 is 0 Å². The van der Waals surface area contributed by atoms with E-state index in [-0.39, 0.29) is 4.68 Å². The molecule has 0 aliphatic rings. The van der Waals surface area contributed by atoms with Crippen molar-refractivity contribution in [1.82, 2.24) is 9.78 Å². The highest BCUT2D eigenvalue weighted by molar-refractivity contribution is 5.89. The largest absolute Gasteiger partial charge is 0.466 e. The van der Waals surface area contributed by atoms with E-state index in [1.807, 2.05) is 0 Å². The molecule has 1 aromatic heterocycles. The quantitative estimate of drug-likeness (QED) is 0.714. The third-order valence-electron chi connectivity index (χ3n) is 1.61. The second-order valence-electron chi connectivity index (χ2n) is 2.59. The number of hydrogen-bond acceptors (Lipinski definition) is 5. The predicted octanol–water partition coefficient (Wildman–Crippen LogP) is 0.608. The SMILES string of the molecule is COC(=O)COC(=O)c1ccnn1C(F)F. The van der Waals surface area contributed by atoms with E-state index < -0.39 is 30.8 Å². The van der Waals surface area contributed by atoms with E-state index in [9.17, 15) is 18.4 Å². The van der Waals surface area contributed by atoms with Crippen LogP contribution in [0.4, 0.5) is 8.78 Å². The Kier molecular flexibility index (Phi) is 3.92. The van der Waals surface area contributed by atoms with Crippen molar-refractivity contribution in [2.24, 2.45) is 0 Å². The minimum Gasteiger partial charge on any atom is -0.466 e. The third-order valence-corrected chi connectivity index (χ3v) is 1.61. The first-order valence-corrected chi connectivity index (χ1v) is 4.12. The lowest BCUT2D eigenvalue weighted by Crippen LogP contribution is -2.18. The zero-order chi connectivity index (χ0) is 12.1. The summed E-state index contributed by atoms with van der Waals surface area (Å²) in [4.78, 5) is 21.9. The normalized spacial score (nSPS) is 10.2. The molecule has 0 aliphatic carbocycles. The van der Waals surface area contributed by atoms with Crippen LogP contribution >= 0.6 is 0 Å². The van der Waals surface area contributed by atoms with Crippen LogP contribution in [0.2, 0.25) is 0 Å². The van der Waals surface area contributed by atoms with Gasteiger partial charge in [-0.1, -0.05) is 0 Å². The van der Waals surface area contributed by atoms with Crippen LogP contribution in [0.1, 0.15) is 17.0 Å². The lowest BCUT2D eigenvalue weighted by Gasteiger charge is -2.05. The molecule has 6 nitrogen and oxygen atoms in total. The molecule has 1 rings (SSSR count). The number of nitrogens with zero attached hydrogens (tertiary/aromatic N) is 2. The van der Waals surface area contributed by atoms with Gasteiger partial charge in [-0.15, -0.1) is 0 Å². The fourth-order valence-corrected chi connectivity index (χ4v) is 0.889. The van der Waals surface area contributed by atoms with Gasteiger partial charge in [-0.25, -0.2) is 9.59 Å². The first kappa shape index (κ1) is 12.1. The molecule has 0 atom stereocenters. The lowest BCUT2D eigenvalue weighted by molar-refractivity contribution is -0.144. The zero-order valence-corrected chi connectivity index (χ0v) is 8.22. The summed E-state index contributed by atoms with van der Waals surface area (Å²) in [6.07, 6.45) is 1.03. The monoisotopic (exact) mass is 234 g/mol. The smallest absolute Gasteiger partial charge is 0.357 e. The first-order valence-electron chi connectivity index (χ1n) is 4.12. The number of rotatable bonds is 4. The summed E-state index contributed by atoms with van der Waals surface area (Å²) in [5.74, 6) is -1.85. The van der Waals surface area contributed by atoms with E-state index >= 15 is 0 Å². The number of hydrogen-bond donors (Lipinski definition) is 0. The van der Waals surface area contributed by atoms with Crippen LogP contribution in [-0.4, -0.2) is 35.4 Å². The fraction of sp³-hybridized carbons (Fsp3) is 0.375. The first-order chi connectivity index (χ1) is 7.56. The topological polar surface area (TPSA) is 70.4 Å². The highest BCUT2D eigenvalue weighted by Crippen LogP contribution is 2.12. The van der Waals surface area contributed by atoms with E-state index in [0.717, 1.165) is 19.4 Å². The van der Waals surface area contributed by atoms with Crippen LogP contribution in [0, 0.1) is 0 Å². The van der Waals surface area contributed by atoms with Crippen molar-refractivity contribution in [3.8, 4) is 0 Å².